The summed E-state index contributed by atoms with van der Waals surface area (Å²) < 4.78 is 0. The van der Waals surface area contributed by atoms with Gasteiger partial charge in [0, 0.05) is 12.6 Å². The average molecular weight is 296 g/mol. The summed E-state index contributed by atoms with van der Waals surface area (Å²) in [5.41, 5.74) is 3.19. The molecule has 2 aromatic rings. The molecule has 0 unspecified atom stereocenters. The Kier molecular flexibility index (Phi) is 4.23. The minimum atomic E-state index is -0.162. The van der Waals surface area contributed by atoms with Crippen LogP contribution in [0, 0.1) is 6.92 Å². The predicted octanol–water partition coefficient (Wildman–Crippen LogP) is 3.29. The van der Waals surface area contributed by atoms with E-state index in [9.17, 15) is 4.79 Å². The molecule has 0 spiro atoms. The molecule has 2 amide bonds. The molecule has 0 atom stereocenters. The van der Waals surface area contributed by atoms with Gasteiger partial charge in [-0.3, -0.25) is 0 Å². The number of carbonyl (C=O) groups excluding carboxylic acids is 1. The summed E-state index contributed by atoms with van der Waals surface area (Å²) in [5, 5.41) is 8.94. The highest BCUT2D eigenvalue weighted by molar-refractivity contribution is 5.89. The summed E-state index contributed by atoms with van der Waals surface area (Å²) in [4.78, 5) is 15.9. The van der Waals surface area contributed by atoms with Gasteiger partial charge in [0.2, 0.25) is 0 Å². The van der Waals surface area contributed by atoms with Crippen LogP contribution in [0.1, 0.15) is 24.0 Å². The number of aryl methyl sites for hydroxylation is 1. The van der Waals surface area contributed by atoms with Crippen LogP contribution in [-0.2, 0) is 6.54 Å². The van der Waals surface area contributed by atoms with Crippen molar-refractivity contribution in [3.8, 4) is 0 Å². The van der Waals surface area contributed by atoms with E-state index >= 15 is 0 Å². The number of hydrogen-bond acceptors (Lipinski definition) is 3. The van der Waals surface area contributed by atoms with Gasteiger partial charge in [0.05, 0.1) is 11.9 Å². The zero-order valence-electron chi connectivity index (χ0n) is 12.6. The molecule has 0 radical (unpaired) electrons. The van der Waals surface area contributed by atoms with Crippen LogP contribution < -0.4 is 16.0 Å². The first-order valence-corrected chi connectivity index (χ1v) is 7.52. The van der Waals surface area contributed by atoms with Gasteiger partial charge in [-0.15, -0.1) is 0 Å². The number of aromatic nitrogens is 1. The van der Waals surface area contributed by atoms with E-state index in [0.717, 1.165) is 25.2 Å². The summed E-state index contributed by atoms with van der Waals surface area (Å²) in [6.07, 6.45) is 3.81. The van der Waals surface area contributed by atoms with E-state index in [1.54, 1.807) is 6.20 Å². The summed E-state index contributed by atoms with van der Waals surface area (Å²) in [6.45, 7) is 2.82. The molecule has 1 aromatic heterocycles. The van der Waals surface area contributed by atoms with Crippen molar-refractivity contribution in [2.75, 3.05) is 10.6 Å². The smallest absolute Gasteiger partial charge is 0.319 e. The lowest BCUT2D eigenvalue weighted by atomic mass is 10.1. The van der Waals surface area contributed by atoms with E-state index in [1.807, 2.05) is 24.3 Å². The first kappa shape index (κ1) is 14.4. The Balaban J connectivity index is 1.52. The fourth-order valence-corrected chi connectivity index (χ4v) is 2.15. The second-order valence-electron chi connectivity index (χ2n) is 5.58. The highest BCUT2D eigenvalue weighted by Crippen LogP contribution is 2.19. The van der Waals surface area contributed by atoms with E-state index in [0.29, 0.717) is 11.7 Å². The largest absolute Gasteiger partial charge is 0.366 e. The van der Waals surface area contributed by atoms with Crippen LogP contribution >= 0.6 is 0 Å². The molecular weight excluding hydrogens is 276 g/mol. The van der Waals surface area contributed by atoms with E-state index in [-0.39, 0.29) is 6.03 Å². The van der Waals surface area contributed by atoms with Crippen molar-refractivity contribution < 1.29 is 4.79 Å². The second-order valence-corrected chi connectivity index (χ2v) is 5.58. The third kappa shape index (κ3) is 3.97. The van der Waals surface area contributed by atoms with E-state index in [1.165, 1.54) is 11.1 Å². The molecule has 1 fully saturated rings. The fourth-order valence-electron chi connectivity index (χ4n) is 2.15. The maximum Gasteiger partial charge on any atom is 0.319 e. The van der Waals surface area contributed by atoms with Gasteiger partial charge in [-0.25, -0.2) is 9.78 Å². The normalized spacial score (nSPS) is 13.5. The number of hydrogen-bond donors (Lipinski definition) is 3. The summed E-state index contributed by atoms with van der Waals surface area (Å²) in [7, 11) is 0. The number of anilines is 2. The monoisotopic (exact) mass is 296 g/mol. The zero-order valence-corrected chi connectivity index (χ0v) is 12.6. The molecule has 1 saturated carbocycles. The molecule has 0 aliphatic heterocycles. The van der Waals surface area contributed by atoms with E-state index in [4.69, 9.17) is 0 Å². The molecule has 5 nitrogen and oxygen atoms in total. The number of rotatable bonds is 5. The first-order valence-electron chi connectivity index (χ1n) is 7.52. The zero-order chi connectivity index (χ0) is 15.4. The number of benzene rings is 1. The highest BCUT2D eigenvalue weighted by atomic mass is 16.2. The quantitative estimate of drug-likeness (QED) is 0.793. The first-order chi connectivity index (χ1) is 10.7. The summed E-state index contributed by atoms with van der Waals surface area (Å²) >= 11 is 0. The molecule has 1 aliphatic carbocycles. The highest BCUT2D eigenvalue weighted by Gasteiger charge is 2.23. The molecule has 0 bridgehead atoms. The van der Waals surface area contributed by atoms with Crippen molar-refractivity contribution in [1.29, 1.82) is 0 Å². The van der Waals surface area contributed by atoms with Gasteiger partial charge in [0.25, 0.3) is 0 Å². The van der Waals surface area contributed by atoms with Crippen molar-refractivity contribution in [2.24, 2.45) is 0 Å². The minimum Gasteiger partial charge on any atom is -0.366 e. The summed E-state index contributed by atoms with van der Waals surface area (Å²) in [6, 6.07) is 12.2. The van der Waals surface area contributed by atoms with E-state index in [2.05, 4.69) is 40.0 Å². The van der Waals surface area contributed by atoms with Gasteiger partial charge in [-0.1, -0.05) is 24.3 Å². The van der Waals surface area contributed by atoms with Crippen LogP contribution in [0.25, 0.3) is 0 Å². The molecule has 1 heterocycles. The van der Waals surface area contributed by atoms with Crippen molar-refractivity contribution in [1.82, 2.24) is 10.3 Å². The van der Waals surface area contributed by atoms with Gasteiger partial charge in [0.15, 0.2) is 0 Å². The van der Waals surface area contributed by atoms with Crippen LogP contribution in [0.4, 0.5) is 16.3 Å². The fraction of sp³-hybridized carbons (Fsp3) is 0.294. The molecule has 22 heavy (non-hydrogen) atoms. The SMILES string of the molecule is Cc1ccccc1CNc1ccc(NC(=O)NC2CC2)cn1. The Morgan fingerprint density at radius 3 is 2.73 bits per heavy atom. The van der Waals surface area contributed by atoms with Gasteiger partial charge in [-0.2, -0.15) is 0 Å². The summed E-state index contributed by atoms with van der Waals surface area (Å²) in [5.74, 6) is 0.788. The van der Waals surface area contributed by atoms with Crippen molar-refractivity contribution >= 4 is 17.5 Å². The number of nitrogens with zero attached hydrogens (tertiary/aromatic N) is 1. The van der Waals surface area contributed by atoms with Crippen molar-refractivity contribution in [3.63, 3.8) is 0 Å². The minimum absolute atomic E-state index is 0.162. The Morgan fingerprint density at radius 1 is 1.23 bits per heavy atom. The van der Waals surface area contributed by atoms with Crippen LogP contribution in [0.3, 0.4) is 0 Å². The Morgan fingerprint density at radius 2 is 2.05 bits per heavy atom. The average Bonchev–Trinajstić information content (AvgIpc) is 3.32. The van der Waals surface area contributed by atoms with Gasteiger partial charge in [0.1, 0.15) is 5.82 Å². The van der Waals surface area contributed by atoms with Crippen molar-refractivity contribution in [3.05, 3.63) is 53.7 Å². The third-order valence-corrected chi connectivity index (χ3v) is 3.66. The third-order valence-electron chi connectivity index (χ3n) is 3.66. The maximum absolute atomic E-state index is 11.6. The number of urea groups is 1. The topological polar surface area (TPSA) is 66.0 Å². The molecule has 1 aromatic carbocycles. The number of amides is 2. The molecule has 1 aliphatic rings. The number of pyridine rings is 1. The number of nitrogens with one attached hydrogen (secondary N) is 3. The van der Waals surface area contributed by atoms with Crippen LogP contribution in [0.5, 0.6) is 0 Å². The molecule has 114 valence electrons. The molecule has 3 rings (SSSR count). The lowest BCUT2D eigenvalue weighted by Gasteiger charge is -2.09. The van der Waals surface area contributed by atoms with Crippen LogP contribution in [-0.4, -0.2) is 17.1 Å². The Bertz CT molecular complexity index is 650. The Labute approximate surface area is 130 Å². The lowest BCUT2D eigenvalue weighted by molar-refractivity contribution is 0.251. The molecular formula is C17H20N4O. The predicted molar refractivity (Wildman–Crippen MR) is 87.9 cm³/mol. The lowest BCUT2D eigenvalue weighted by Crippen LogP contribution is -2.30. The molecule has 3 N–H and O–H groups in total. The van der Waals surface area contributed by atoms with Crippen molar-refractivity contribution in [2.45, 2.75) is 32.4 Å². The second kappa shape index (κ2) is 6.47. The van der Waals surface area contributed by atoms with Crippen LogP contribution in [0.15, 0.2) is 42.6 Å². The molecule has 0 saturated heterocycles. The van der Waals surface area contributed by atoms with Gasteiger partial charge >= 0.3 is 6.03 Å². The standard InChI is InChI=1S/C17H20N4O/c1-12-4-2-3-5-13(12)10-18-16-9-8-15(11-19-16)21-17(22)20-14-6-7-14/h2-5,8-9,11,14H,6-7,10H2,1H3,(H,18,19)(H2,20,21,22). The van der Waals surface area contributed by atoms with E-state index < -0.39 is 0 Å². The van der Waals surface area contributed by atoms with Crippen LogP contribution in [0.2, 0.25) is 0 Å². The Hall–Kier alpha value is -2.56. The van der Waals surface area contributed by atoms with Gasteiger partial charge < -0.3 is 16.0 Å². The number of carbonyl (C=O) groups is 1. The van der Waals surface area contributed by atoms with Gasteiger partial charge in [-0.05, 0) is 43.0 Å². The maximum atomic E-state index is 11.6. The molecule has 5 heteroatoms.